The van der Waals surface area contributed by atoms with Gasteiger partial charge in [-0.15, -0.1) is 0 Å². The van der Waals surface area contributed by atoms with Crippen LogP contribution in [0.2, 0.25) is 0 Å². The summed E-state index contributed by atoms with van der Waals surface area (Å²) >= 11 is 0. The quantitative estimate of drug-likeness (QED) is 0.557. The Balaban J connectivity index is 1.27. The van der Waals surface area contributed by atoms with E-state index in [0.717, 1.165) is 48.6 Å². The summed E-state index contributed by atoms with van der Waals surface area (Å²) in [5.74, 6) is 0.683. The Labute approximate surface area is 196 Å². The highest BCUT2D eigenvalue weighted by atomic mass is 16.5. The molecule has 5 rings (SSSR count). The van der Waals surface area contributed by atoms with Crippen LogP contribution in [0.1, 0.15) is 54.4 Å². The lowest BCUT2D eigenvalue weighted by Gasteiger charge is -2.39. The number of nitrogens with zero attached hydrogens (tertiary/aromatic N) is 4. The minimum atomic E-state index is 0.0470. The number of amides is 1. The van der Waals surface area contributed by atoms with E-state index in [0.29, 0.717) is 17.9 Å². The first-order valence-electron chi connectivity index (χ1n) is 12.2. The number of likely N-dealkylation sites (tertiary alicyclic amines) is 1. The summed E-state index contributed by atoms with van der Waals surface area (Å²) in [4.78, 5) is 22.4. The van der Waals surface area contributed by atoms with Crippen LogP contribution in [0.3, 0.4) is 0 Å². The zero-order valence-electron chi connectivity index (χ0n) is 19.7. The maximum atomic E-state index is 13.4. The lowest BCUT2D eigenvalue weighted by atomic mass is 10.00. The van der Waals surface area contributed by atoms with Crippen LogP contribution in [-0.4, -0.2) is 64.6 Å². The van der Waals surface area contributed by atoms with Crippen LogP contribution in [0.15, 0.2) is 48.8 Å². The topological polar surface area (TPSA) is 50.6 Å². The van der Waals surface area contributed by atoms with Crippen molar-refractivity contribution in [2.75, 3.05) is 27.2 Å². The van der Waals surface area contributed by atoms with Crippen molar-refractivity contribution in [2.45, 2.75) is 57.2 Å². The molecule has 0 radical (unpaired) electrons. The second kappa shape index (κ2) is 9.56. The van der Waals surface area contributed by atoms with E-state index in [4.69, 9.17) is 4.74 Å². The van der Waals surface area contributed by atoms with E-state index in [9.17, 15) is 4.79 Å². The molecule has 2 aliphatic rings. The summed E-state index contributed by atoms with van der Waals surface area (Å²) in [5.41, 5.74) is 3.80. The molecular weight excluding hydrogens is 412 g/mol. The highest BCUT2D eigenvalue weighted by Gasteiger charge is 2.31. The number of imidazole rings is 1. The zero-order valence-corrected chi connectivity index (χ0v) is 19.7. The second-order valence-corrected chi connectivity index (χ2v) is 9.52. The van der Waals surface area contributed by atoms with Crippen molar-refractivity contribution in [2.24, 2.45) is 0 Å². The molecule has 1 saturated heterocycles. The highest BCUT2D eigenvalue weighted by molar-refractivity contribution is 5.97. The number of fused-ring (bicyclic) bond motifs is 1. The van der Waals surface area contributed by atoms with Gasteiger partial charge in [0.15, 0.2) is 0 Å². The number of aromatic nitrogens is 2. The maximum absolute atomic E-state index is 13.4. The van der Waals surface area contributed by atoms with Gasteiger partial charge in [-0.2, -0.15) is 0 Å². The highest BCUT2D eigenvalue weighted by Crippen LogP contribution is 2.29. The summed E-state index contributed by atoms with van der Waals surface area (Å²) < 4.78 is 7.78. The fraction of sp³-hybridized carbons (Fsp3) is 0.481. The Bertz CT molecular complexity index is 1110. The second-order valence-electron chi connectivity index (χ2n) is 9.52. The van der Waals surface area contributed by atoms with Crippen LogP contribution in [-0.2, 0) is 6.54 Å². The Morgan fingerprint density at radius 1 is 1.09 bits per heavy atom. The van der Waals surface area contributed by atoms with Crippen LogP contribution >= 0.6 is 0 Å². The van der Waals surface area contributed by atoms with E-state index in [-0.39, 0.29) is 11.9 Å². The maximum Gasteiger partial charge on any atom is 0.257 e. The third kappa shape index (κ3) is 4.49. The number of carbonyl (C=O) groups is 1. The van der Waals surface area contributed by atoms with Gasteiger partial charge in [-0.25, -0.2) is 4.98 Å². The molecule has 0 bridgehead atoms. The number of hydrogen-bond donors (Lipinski definition) is 0. The molecule has 0 spiro atoms. The molecule has 33 heavy (non-hydrogen) atoms. The van der Waals surface area contributed by atoms with Gasteiger partial charge in [0.2, 0.25) is 0 Å². The molecule has 6 nitrogen and oxygen atoms in total. The third-order valence-corrected chi connectivity index (χ3v) is 7.58. The fourth-order valence-electron chi connectivity index (χ4n) is 5.61. The summed E-state index contributed by atoms with van der Waals surface area (Å²) in [7, 11) is 3.59. The summed E-state index contributed by atoms with van der Waals surface area (Å²) in [6, 6.07) is 15.1. The molecule has 1 saturated carbocycles. The normalized spacial score (nSPS) is 18.1. The average molecular weight is 447 g/mol. The van der Waals surface area contributed by atoms with E-state index in [1.165, 1.54) is 25.7 Å². The van der Waals surface area contributed by atoms with Gasteiger partial charge in [-0.05, 0) is 55.5 Å². The molecule has 2 aromatic carbocycles. The van der Waals surface area contributed by atoms with Crippen molar-refractivity contribution < 1.29 is 9.53 Å². The SMILES string of the molecule is COc1cc(Cn2cnc3ccccc32)ccc1C(=O)N(C)C1CCN(C2CCCC2)CC1. The number of benzene rings is 2. The smallest absolute Gasteiger partial charge is 0.257 e. The first-order valence-corrected chi connectivity index (χ1v) is 12.2. The van der Waals surface area contributed by atoms with Gasteiger partial charge in [0.05, 0.1) is 30.0 Å². The van der Waals surface area contributed by atoms with E-state index in [1.807, 2.05) is 54.7 Å². The third-order valence-electron chi connectivity index (χ3n) is 7.58. The largest absolute Gasteiger partial charge is 0.496 e. The van der Waals surface area contributed by atoms with Crippen LogP contribution < -0.4 is 4.74 Å². The first kappa shape index (κ1) is 22.0. The van der Waals surface area contributed by atoms with Gasteiger partial charge < -0.3 is 19.1 Å². The molecule has 1 aliphatic heterocycles. The number of piperidine rings is 1. The Kier molecular flexibility index (Phi) is 6.36. The van der Waals surface area contributed by atoms with Crippen molar-refractivity contribution in [3.8, 4) is 5.75 Å². The standard InChI is InChI=1S/C27H34N4O2/c1-29(21-13-15-30(16-14-21)22-7-3-4-8-22)27(32)23-12-11-20(17-26(23)33-2)18-31-19-28-24-9-5-6-10-25(24)31/h5-6,9-12,17,19,21-22H,3-4,7-8,13-16,18H2,1-2H3. The van der Waals surface area contributed by atoms with Crippen molar-refractivity contribution in [3.63, 3.8) is 0 Å². The number of rotatable bonds is 6. The summed E-state index contributed by atoms with van der Waals surface area (Å²) in [6.45, 7) is 2.88. The molecule has 1 aliphatic carbocycles. The molecule has 3 aromatic rings. The molecule has 2 fully saturated rings. The fourth-order valence-corrected chi connectivity index (χ4v) is 5.61. The predicted octanol–water partition coefficient (Wildman–Crippen LogP) is 4.57. The van der Waals surface area contributed by atoms with Gasteiger partial charge in [0, 0.05) is 38.8 Å². The molecule has 1 aromatic heterocycles. The molecule has 0 N–H and O–H groups in total. The molecule has 1 amide bonds. The monoisotopic (exact) mass is 446 g/mol. The molecule has 174 valence electrons. The van der Waals surface area contributed by atoms with Gasteiger partial charge in [0.1, 0.15) is 5.75 Å². The Hall–Kier alpha value is -2.86. The van der Waals surface area contributed by atoms with Gasteiger partial charge >= 0.3 is 0 Å². The first-order chi connectivity index (χ1) is 16.1. The number of para-hydroxylation sites is 2. The van der Waals surface area contributed by atoms with E-state index in [1.54, 1.807) is 7.11 Å². The summed E-state index contributed by atoms with van der Waals surface area (Å²) in [6.07, 6.45) is 9.39. The summed E-state index contributed by atoms with van der Waals surface area (Å²) in [5, 5.41) is 0. The van der Waals surface area contributed by atoms with Gasteiger partial charge in [-0.1, -0.05) is 31.0 Å². The van der Waals surface area contributed by atoms with E-state index < -0.39 is 0 Å². The van der Waals surface area contributed by atoms with Gasteiger partial charge in [0.25, 0.3) is 5.91 Å². The van der Waals surface area contributed by atoms with Crippen molar-refractivity contribution >= 4 is 16.9 Å². The number of carbonyl (C=O) groups excluding carboxylic acids is 1. The van der Waals surface area contributed by atoms with Crippen LogP contribution in [0.25, 0.3) is 11.0 Å². The van der Waals surface area contributed by atoms with Crippen LogP contribution in [0.4, 0.5) is 0 Å². The van der Waals surface area contributed by atoms with Crippen LogP contribution in [0.5, 0.6) is 5.75 Å². The number of hydrogen-bond acceptors (Lipinski definition) is 4. The Morgan fingerprint density at radius 2 is 1.85 bits per heavy atom. The van der Waals surface area contributed by atoms with E-state index in [2.05, 4.69) is 20.5 Å². The average Bonchev–Trinajstić information content (AvgIpc) is 3.54. The minimum Gasteiger partial charge on any atom is -0.496 e. The lowest BCUT2D eigenvalue weighted by molar-refractivity contribution is 0.0596. The number of ether oxygens (including phenoxy) is 1. The Morgan fingerprint density at radius 3 is 2.61 bits per heavy atom. The molecule has 0 unspecified atom stereocenters. The number of methoxy groups -OCH3 is 1. The van der Waals surface area contributed by atoms with Crippen molar-refractivity contribution in [1.29, 1.82) is 0 Å². The van der Waals surface area contributed by atoms with E-state index >= 15 is 0 Å². The molecule has 6 heteroatoms. The zero-order chi connectivity index (χ0) is 22.8. The molecule has 0 atom stereocenters. The van der Waals surface area contributed by atoms with Crippen molar-refractivity contribution in [3.05, 3.63) is 59.9 Å². The van der Waals surface area contributed by atoms with Crippen LogP contribution in [0, 0.1) is 0 Å². The lowest BCUT2D eigenvalue weighted by Crippen LogP contribution is -2.48. The molecular formula is C27H34N4O2. The molecule has 2 heterocycles. The minimum absolute atomic E-state index is 0.0470. The van der Waals surface area contributed by atoms with Gasteiger partial charge in [-0.3, -0.25) is 4.79 Å². The van der Waals surface area contributed by atoms with Crippen molar-refractivity contribution in [1.82, 2.24) is 19.4 Å². The predicted molar refractivity (Wildman–Crippen MR) is 131 cm³/mol.